The molecule has 18 heavy (non-hydrogen) atoms. The molecule has 2 heterocycles. The average molecular weight is 376 g/mol. The minimum Gasteiger partial charge on any atom is -0.296 e. The number of amides is 2. The number of hydrogen-bond acceptors (Lipinski definition) is 3. The maximum atomic E-state index is 11.8. The molecule has 0 spiro atoms. The van der Waals surface area contributed by atoms with E-state index in [0.29, 0.717) is 12.8 Å². The number of carbonyl (C=O) groups is 2. The minimum absolute atomic E-state index is 0.154. The number of pyridine rings is 1. The molecular weight excluding hydrogens is 364 g/mol. The average Bonchev–Trinajstić information content (AvgIpc) is 2.28. The van der Waals surface area contributed by atoms with E-state index in [1.807, 2.05) is 13.0 Å². The summed E-state index contributed by atoms with van der Waals surface area (Å²) >= 11 is 6.78. The lowest BCUT2D eigenvalue weighted by atomic mass is 9.81. The molecule has 0 aliphatic carbocycles. The summed E-state index contributed by atoms with van der Waals surface area (Å²) < 4.78 is 1.68. The van der Waals surface area contributed by atoms with E-state index in [0.717, 1.165) is 14.6 Å². The normalized spacial score (nSPS) is 23.9. The van der Waals surface area contributed by atoms with Gasteiger partial charge in [0.05, 0.1) is 5.69 Å². The second-order valence-electron chi connectivity index (χ2n) is 4.26. The van der Waals surface area contributed by atoms with Crippen LogP contribution in [0.25, 0.3) is 0 Å². The van der Waals surface area contributed by atoms with Gasteiger partial charge < -0.3 is 0 Å². The Morgan fingerprint density at radius 1 is 1.44 bits per heavy atom. The maximum Gasteiger partial charge on any atom is 0.230 e. The molecule has 1 fully saturated rings. The Labute approximate surface area is 122 Å². The zero-order valence-corrected chi connectivity index (χ0v) is 12.9. The van der Waals surface area contributed by atoms with Crippen LogP contribution >= 0.6 is 31.9 Å². The zero-order valence-electron chi connectivity index (χ0n) is 9.74. The van der Waals surface area contributed by atoms with Crippen LogP contribution in [0.3, 0.4) is 0 Å². The van der Waals surface area contributed by atoms with Gasteiger partial charge in [-0.05, 0) is 44.3 Å². The van der Waals surface area contributed by atoms with Crippen LogP contribution in [-0.4, -0.2) is 16.8 Å². The topological polar surface area (TPSA) is 59.1 Å². The fourth-order valence-corrected chi connectivity index (χ4v) is 3.54. The van der Waals surface area contributed by atoms with Crippen LogP contribution < -0.4 is 5.32 Å². The van der Waals surface area contributed by atoms with Gasteiger partial charge in [0.2, 0.25) is 11.8 Å². The molecular formula is C12H12Br2N2O2. The smallest absolute Gasteiger partial charge is 0.230 e. The minimum atomic E-state index is -0.230. The molecule has 0 bridgehead atoms. The Bertz CT molecular complexity index is 505. The van der Waals surface area contributed by atoms with Gasteiger partial charge in [-0.25, -0.2) is 0 Å². The first-order chi connectivity index (χ1) is 8.52. The number of rotatable bonds is 2. The highest BCUT2D eigenvalue weighted by atomic mass is 79.9. The van der Waals surface area contributed by atoms with E-state index >= 15 is 0 Å². The highest BCUT2D eigenvalue weighted by molar-refractivity contribution is 9.11. The molecule has 1 N–H and O–H groups in total. The number of piperidine rings is 1. The summed E-state index contributed by atoms with van der Waals surface area (Å²) in [6, 6.07) is 1.88. The molecule has 1 saturated heterocycles. The second kappa shape index (κ2) is 5.48. The van der Waals surface area contributed by atoms with Crippen molar-refractivity contribution < 1.29 is 9.59 Å². The van der Waals surface area contributed by atoms with Crippen molar-refractivity contribution in [3.8, 4) is 0 Å². The third kappa shape index (κ3) is 2.64. The monoisotopic (exact) mass is 374 g/mol. The molecule has 2 rings (SSSR count). The van der Waals surface area contributed by atoms with Gasteiger partial charge in [-0.2, -0.15) is 0 Å². The van der Waals surface area contributed by atoms with Crippen molar-refractivity contribution in [3.63, 3.8) is 0 Å². The number of imide groups is 1. The SMILES string of the molecule is CCC1C(=O)NC(=O)CC1c1ncc(Br)cc1Br. The predicted molar refractivity (Wildman–Crippen MR) is 73.9 cm³/mol. The highest BCUT2D eigenvalue weighted by Gasteiger charge is 2.37. The van der Waals surface area contributed by atoms with Gasteiger partial charge in [0, 0.05) is 33.4 Å². The lowest BCUT2D eigenvalue weighted by Gasteiger charge is -2.29. The summed E-state index contributed by atoms with van der Waals surface area (Å²) in [5.41, 5.74) is 0.772. The molecule has 1 aliphatic heterocycles. The summed E-state index contributed by atoms with van der Waals surface area (Å²) in [6.45, 7) is 1.94. The van der Waals surface area contributed by atoms with Crippen LogP contribution in [0, 0.1) is 5.92 Å². The summed E-state index contributed by atoms with van der Waals surface area (Å²) in [7, 11) is 0. The second-order valence-corrected chi connectivity index (χ2v) is 6.03. The van der Waals surface area contributed by atoms with Crippen molar-refractivity contribution in [2.45, 2.75) is 25.7 Å². The molecule has 0 radical (unpaired) electrons. The Balaban J connectivity index is 2.39. The molecule has 1 aromatic rings. The Morgan fingerprint density at radius 3 is 2.78 bits per heavy atom. The lowest BCUT2D eigenvalue weighted by molar-refractivity contribution is -0.137. The molecule has 2 atom stereocenters. The summed E-state index contributed by atoms with van der Waals surface area (Å²) in [4.78, 5) is 27.7. The molecule has 2 amide bonds. The summed E-state index contributed by atoms with van der Waals surface area (Å²) in [5, 5.41) is 2.38. The van der Waals surface area contributed by atoms with E-state index in [1.165, 1.54) is 0 Å². The molecule has 1 aliphatic rings. The van der Waals surface area contributed by atoms with Crippen LogP contribution in [0.5, 0.6) is 0 Å². The van der Waals surface area contributed by atoms with E-state index in [-0.39, 0.29) is 23.7 Å². The fourth-order valence-electron chi connectivity index (χ4n) is 2.26. The van der Waals surface area contributed by atoms with Gasteiger partial charge in [0.1, 0.15) is 0 Å². The van der Waals surface area contributed by atoms with Crippen molar-refractivity contribution in [1.29, 1.82) is 0 Å². The van der Waals surface area contributed by atoms with Crippen molar-refractivity contribution in [2.75, 3.05) is 0 Å². The van der Waals surface area contributed by atoms with Gasteiger partial charge in [0.25, 0.3) is 0 Å². The van der Waals surface area contributed by atoms with E-state index in [9.17, 15) is 9.59 Å². The molecule has 2 unspecified atom stereocenters. The van der Waals surface area contributed by atoms with E-state index < -0.39 is 0 Å². The third-order valence-electron chi connectivity index (χ3n) is 3.12. The lowest BCUT2D eigenvalue weighted by Crippen LogP contribution is -2.44. The standard InChI is InChI=1S/C12H12Br2N2O2/c1-2-7-8(4-10(17)16-12(7)18)11-9(14)3-6(13)5-15-11/h3,5,7-8H,2,4H2,1H3,(H,16,17,18). The van der Waals surface area contributed by atoms with Gasteiger partial charge in [-0.15, -0.1) is 0 Å². The van der Waals surface area contributed by atoms with Gasteiger partial charge in [-0.1, -0.05) is 6.92 Å². The molecule has 4 nitrogen and oxygen atoms in total. The van der Waals surface area contributed by atoms with Crippen molar-refractivity contribution in [3.05, 3.63) is 26.9 Å². The van der Waals surface area contributed by atoms with Crippen molar-refractivity contribution in [1.82, 2.24) is 10.3 Å². The fraction of sp³-hybridized carbons (Fsp3) is 0.417. The molecule has 0 saturated carbocycles. The van der Waals surface area contributed by atoms with Crippen molar-refractivity contribution >= 4 is 43.7 Å². The first kappa shape index (κ1) is 13.7. The molecule has 0 aromatic carbocycles. The summed E-state index contributed by atoms with van der Waals surface area (Å²) in [6.07, 6.45) is 2.68. The Hall–Kier alpha value is -0.750. The summed E-state index contributed by atoms with van der Waals surface area (Å²) in [5.74, 6) is -0.784. The first-order valence-electron chi connectivity index (χ1n) is 5.67. The van der Waals surface area contributed by atoms with Crippen LogP contribution in [0.15, 0.2) is 21.2 Å². The number of carbonyl (C=O) groups excluding carboxylic acids is 2. The van der Waals surface area contributed by atoms with Gasteiger partial charge >= 0.3 is 0 Å². The number of halogens is 2. The van der Waals surface area contributed by atoms with Gasteiger partial charge in [-0.3, -0.25) is 19.9 Å². The highest BCUT2D eigenvalue weighted by Crippen LogP contribution is 2.36. The quantitative estimate of drug-likeness (QED) is 0.808. The zero-order chi connectivity index (χ0) is 13.3. The van der Waals surface area contributed by atoms with Crippen molar-refractivity contribution in [2.24, 2.45) is 5.92 Å². The van der Waals surface area contributed by atoms with Gasteiger partial charge in [0.15, 0.2) is 0 Å². The van der Waals surface area contributed by atoms with Crippen LogP contribution in [0.1, 0.15) is 31.4 Å². The van der Waals surface area contributed by atoms with Crippen LogP contribution in [0.4, 0.5) is 0 Å². The number of nitrogens with one attached hydrogen (secondary N) is 1. The third-order valence-corrected chi connectivity index (χ3v) is 4.19. The van der Waals surface area contributed by atoms with E-state index in [1.54, 1.807) is 6.20 Å². The number of hydrogen-bond donors (Lipinski definition) is 1. The van der Waals surface area contributed by atoms with Crippen LogP contribution in [-0.2, 0) is 9.59 Å². The van der Waals surface area contributed by atoms with E-state index in [2.05, 4.69) is 42.2 Å². The molecule has 1 aromatic heterocycles. The predicted octanol–water partition coefficient (Wildman–Crippen LogP) is 2.76. The van der Waals surface area contributed by atoms with E-state index in [4.69, 9.17) is 0 Å². The number of aromatic nitrogens is 1. The molecule has 6 heteroatoms. The molecule has 96 valence electrons. The first-order valence-corrected chi connectivity index (χ1v) is 7.26. The maximum absolute atomic E-state index is 11.8. The largest absolute Gasteiger partial charge is 0.296 e. The van der Waals surface area contributed by atoms with Crippen LogP contribution in [0.2, 0.25) is 0 Å². The Kier molecular flexibility index (Phi) is 4.17. The Morgan fingerprint density at radius 2 is 2.17 bits per heavy atom. The number of nitrogens with zero attached hydrogens (tertiary/aromatic N) is 1.